The van der Waals surface area contributed by atoms with Crippen molar-refractivity contribution >= 4 is 17.2 Å². The van der Waals surface area contributed by atoms with Crippen LogP contribution in [0.2, 0.25) is 0 Å². The molecule has 0 radical (unpaired) electrons. The van der Waals surface area contributed by atoms with Gasteiger partial charge in [-0.1, -0.05) is 12.1 Å². The summed E-state index contributed by atoms with van der Waals surface area (Å²) in [5.41, 5.74) is 7.71. The monoisotopic (exact) mass is 256 g/mol. The average molecular weight is 256 g/mol. The number of aromatic amines is 1. The van der Waals surface area contributed by atoms with Gasteiger partial charge in [0.2, 0.25) is 0 Å². The van der Waals surface area contributed by atoms with Gasteiger partial charge in [-0.05, 0) is 17.7 Å². The lowest BCUT2D eigenvalue weighted by Crippen LogP contribution is -2.09. The number of nitrogens with two attached hydrogens (primary N) is 1. The third-order valence-electron chi connectivity index (χ3n) is 2.77. The molecule has 0 saturated carbocycles. The number of hydrogen-bond acceptors (Lipinski definition) is 5. The van der Waals surface area contributed by atoms with Crippen LogP contribution in [0.1, 0.15) is 5.56 Å². The van der Waals surface area contributed by atoms with Crippen LogP contribution in [-0.4, -0.2) is 19.6 Å². The summed E-state index contributed by atoms with van der Waals surface area (Å²) < 4.78 is 1.34. The van der Waals surface area contributed by atoms with Gasteiger partial charge in [0.15, 0.2) is 5.65 Å². The minimum Gasteiger partial charge on any atom is -0.340 e. The van der Waals surface area contributed by atoms with Gasteiger partial charge in [-0.25, -0.2) is 19.3 Å². The molecule has 0 spiro atoms. The van der Waals surface area contributed by atoms with Crippen LogP contribution >= 0.6 is 0 Å². The highest BCUT2D eigenvalue weighted by molar-refractivity contribution is 5.59. The molecular formula is C12H12N6O. The van der Waals surface area contributed by atoms with Gasteiger partial charge in [-0.15, -0.1) is 0 Å². The van der Waals surface area contributed by atoms with Crippen LogP contribution in [-0.2, 0) is 6.54 Å². The van der Waals surface area contributed by atoms with Crippen LogP contribution in [0.5, 0.6) is 0 Å². The molecule has 7 heteroatoms. The molecule has 96 valence electrons. The Morgan fingerprint density at radius 3 is 2.84 bits per heavy atom. The molecule has 0 fully saturated rings. The van der Waals surface area contributed by atoms with Crippen molar-refractivity contribution in [2.75, 3.05) is 5.32 Å². The summed E-state index contributed by atoms with van der Waals surface area (Å²) in [6.45, 7) is 0.515. The third-order valence-corrected chi connectivity index (χ3v) is 2.77. The van der Waals surface area contributed by atoms with E-state index in [1.165, 1.54) is 10.7 Å². The van der Waals surface area contributed by atoms with E-state index in [1.54, 1.807) is 6.07 Å². The fourth-order valence-electron chi connectivity index (χ4n) is 1.75. The maximum absolute atomic E-state index is 11.3. The summed E-state index contributed by atoms with van der Waals surface area (Å²) in [5, 5.41) is 9.37. The quantitative estimate of drug-likeness (QED) is 0.637. The van der Waals surface area contributed by atoms with E-state index in [9.17, 15) is 4.79 Å². The number of H-pyrrole nitrogens is 1. The zero-order valence-electron chi connectivity index (χ0n) is 10.00. The Morgan fingerprint density at radius 2 is 2.11 bits per heavy atom. The molecule has 0 saturated heterocycles. The van der Waals surface area contributed by atoms with E-state index in [2.05, 4.69) is 20.5 Å². The Kier molecular flexibility index (Phi) is 2.73. The molecule has 0 bridgehead atoms. The Bertz CT molecular complexity index is 758. The maximum Gasteiger partial charge on any atom is 0.348 e. The van der Waals surface area contributed by atoms with Crippen molar-refractivity contribution in [3.05, 3.63) is 52.7 Å². The molecule has 2 aromatic heterocycles. The molecule has 0 atom stereocenters. The highest BCUT2D eigenvalue weighted by Crippen LogP contribution is 2.15. The van der Waals surface area contributed by atoms with Crippen LogP contribution in [0.4, 0.5) is 11.5 Å². The standard InChI is InChI=1S/C12H12N6O/c13-6-8-1-3-9(4-2-8)15-10-5-11-16-17-12(19)18(11)7-14-10/h1-5,7,15H,6,13H2,(H,17,19). The second-order valence-electron chi connectivity index (χ2n) is 4.06. The molecule has 7 nitrogen and oxygen atoms in total. The van der Waals surface area contributed by atoms with Crippen LogP contribution in [0.3, 0.4) is 0 Å². The highest BCUT2D eigenvalue weighted by Gasteiger charge is 2.02. The fourth-order valence-corrected chi connectivity index (χ4v) is 1.75. The Morgan fingerprint density at radius 1 is 1.32 bits per heavy atom. The molecule has 0 amide bonds. The van der Waals surface area contributed by atoms with Crippen molar-refractivity contribution in [1.29, 1.82) is 0 Å². The van der Waals surface area contributed by atoms with Gasteiger partial charge in [-0.2, -0.15) is 5.10 Å². The molecule has 0 aliphatic carbocycles. The lowest BCUT2D eigenvalue weighted by atomic mass is 10.2. The molecule has 19 heavy (non-hydrogen) atoms. The van der Waals surface area contributed by atoms with Gasteiger partial charge < -0.3 is 11.1 Å². The molecule has 3 aromatic rings. The SMILES string of the molecule is NCc1ccc(Nc2cc3n[nH]c(=O)n3cn2)cc1. The van der Waals surface area contributed by atoms with Gasteiger partial charge in [0.05, 0.1) is 0 Å². The van der Waals surface area contributed by atoms with Crippen LogP contribution in [0, 0.1) is 0 Å². The van der Waals surface area contributed by atoms with E-state index in [0.29, 0.717) is 18.0 Å². The highest BCUT2D eigenvalue weighted by atomic mass is 16.1. The van der Waals surface area contributed by atoms with E-state index in [0.717, 1.165) is 11.3 Å². The normalized spacial score (nSPS) is 10.8. The second kappa shape index (κ2) is 4.54. The maximum atomic E-state index is 11.3. The van der Waals surface area contributed by atoms with Crippen molar-refractivity contribution < 1.29 is 0 Å². The zero-order valence-corrected chi connectivity index (χ0v) is 10.00. The van der Waals surface area contributed by atoms with Crippen molar-refractivity contribution in [2.45, 2.75) is 6.54 Å². The number of benzene rings is 1. The Hall–Kier alpha value is -2.67. The van der Waals surface area contributed by atoms with Crippen molar-refractivity contribution in [3.8, 4) is 0 Å². The van der Waals surface area contributed by atoms with Gasteiger partial charge in [0, 0.05) is 18.3 Å². The third kappa shape index (κ3) is 2.18. The van der Waals surface area contributed by atoms with Crippen LogP contribution in [0.15, 0.2) is 41.5 Å². The summed E-state index contributed by atoms with van der Waals surface area (Å²) in [4.78, 5) is 15.4. The van der Waals surface area contributed by atoms with Crippen molar-refractivity contribution in [2.24, 2.45) is 5.73 Å². The fraction of sp³-hybridized carbons (Fsp3) is 0.0833. The van der Waals surface area contributed by atoms with E-state index < -0.39 is 0 Å². The van der Waals surface area contributed by atoms with Gasteiger partial charge in [-0.3, -0.25) is 0 Å². The molecule has 0 aliphatic rings. The first-order valence-corrected chi connectivity index (χ1v) is 5.75. The van der Waals surface area contributed by atoms with E-state index in [4.69, 9.17) is 5.73 Å². The summed E-state index contributed by atoms with van der Waals surface area (Å²) in [6, 6.07) is 9.42. The van der Waals surface area contributed by atoms with Crippen LogP contribution in [0.25, 0.3) is 5.65 Å². The Balaban J connectivity index is 1.89. The predicted molar refractivity (Wildman–Crippen MR) is 71.2 cm³/mol. The molecule has 2 heterocycles. The van der Waals surface area contributed by atoms with E-state index in [1.807, 2.05) is 24.3 Å². The number of rotatable bonds is 3. The second-order valence-corrected chi connectivity index (χ2v) is 4.06. The zero-order chi connectivity index (χ0) is 13.2. The summed E-state index contributed by atoms with van der Waals surface area (Å²) in [6.07, 6.45) is 1.43. The lowest BCUT2D eigenvalue weighted by Gasteiger charge is -2.06. The molecule has 0 unspecified atom stereocenters. The van der Waals surface area contributed by atoms with Crippen molar-refractivity contribution in [1.82, 2.24) is 19.6 Å². The van der Waals surface area contributed by atoms with Gasteiger partial charge >= 0.3 is 5.69 Å². The number of anilines is 2. The molecule has 1 aromatic carbocycles. The number of hydrogen-bond donors (Lipinski definition) is 3. The summed E-state index contributed by atoms with van der Waals surface area (Å²) in [7, 11) is 0. The molecular weight excluding hydrogens is 244 g/mol. The van der Waals surface area contributed by atoms with E-state index in [-0.39, 0.29) is 5.69 Å². The average Bonchev–Trinajstić information content (AvgIpc) is 2.81. The van der Waals surface area contributed by atoms with Crippen LogP contribution < -0.4 is 16.7 Å². The summed E-state index contributed by atoms with van der Waals surface area (Å²) >= 11 is 0. The number of fused-ring (bicyclic) bond motifs is 1. The first-order valence-electron chi connectivity index (χ1n) is 5.75. The topological polar surface area (TPSA) is 101 Å². The lowest BCUT2D eigenvalue weighted by molar-refractivity contribution is 0.998. The van der Waals surface area contributed by atoms with E-state index >= 15 is 0 Å². The Labute approximate surface area is 108 Å². The first-order chi connectivity index (χ1) is 9.26. The van der Waals surface area contributed by atoms with Gasteiger partial charge in [0.1, 0.15) is 12.1 Å². The van der Waals surface area contributed by atoms with Gasteiger partial charge in [0.25, 0.3) is 0 Å². The minimum atomic E-state index is -0.304. The number of aromatic nitrogens is 4. The smallest absolute Gasteiger partial charge is 0.340 e. The number of nitrogens with one attached hydrogen (secondary N) is 2. The molecule has 0 aliphatic heterocycles. The largest absolute Gasteiger partial charge is 0.348 e. The molecule has 4 N–H and O–H groups in total. The summed E-state index contributed by atoms with van der Waals surface area (Å²) in [5.74, 6) is 0.618. The van der Waals surface area contributed by atoms with Crippen molar-refractivity contribution in [3.63, 3.8) is 0 Å². The predicted octanol–water partition coefficient (Wildman–Crippen LogP) is 0.620. The molecule has 3 rings (SSSR count). The first kappa shape index (κ1) is 11.4. The number of nitrogens with zero attached hydrogens (tertiary/aromatic N) is 3. The minimum absolute atomic E-state index is 0.304.